The quantitative estimate of drug-likeness (QED) is 0.604. The Bertz CT molecular complexity index is 93.4. The van der Waals surface area contributed by atoms with E-state index in [4.69, 9.17) is 0 Å². The van der Waals surface area contributed by atoms with Crippen LogP contribution in [0.3, 0.4) is 0 Å². The Labute approximate surface area is 80.4 Å². The first-order valence-corrected chi connectivity index (χ1v) is 4.77. The van der Waals surface area contributed by atoms with Crippen LogP contribution in [0.5, 0.6) is 0 Å². The van der Waals surface area contributed by atoms with Crippen molar-refractivity contribution in [3.05, 3.63) is 0 Å². The van der Waals surface area contributed by atoms with Crippen molar-refractivity contribution in [2.24, 2.45) is 0 Å². The van der Waals surface area contributed by atoms with Gasteiger partial charge in [0.1, 0.15) is 0 Å². The Hall–Kier alpha value is 0.843. The van der Waals surface area contributed by atoms with Gasteiger partial charge in [0.25, 0.3) is 0 Å². The Morgan fingerprint density at radius 2 is 1.00 bits per heavy atom. The van der Waals surface area contributed by atoms with Crippen LogP contribution in [-0.2, 0) is 25.0 Å². The molecule has 0 aromatic heterocycles. The van der Waals surface area contributed by atoms with Crippen molar-refractivity contribution in [3.8, 4) is 0 Å². The van der Waals surface area contributed by atoms with Crippen LogP contribution in [0, 0.1) is 0 Å². The maximum atomic E-state index is 2.46. The molecule has 0 saturated heterocycles. The molecule has 0 atom stereocenters. The molecule has 1 nitrogen and oxygen atoms in total. The van der Waals surface area contributed by atoms with Crippen molar-refractivity contribution in [3.63, 3.8) is 0 Å². The average Bonchev–Trinajstić information content (AvgIpc) is 1.59. The summed E-state index contributed by atoms with van der Waals surface area (Å²) in [5, 5.41) is 0. The third-order valence-electron chi connectivity index (χ3n) is 1.34. The summed E-state index contributed by atoms with van der Waals surface area (Å²) in [5.41, 5.74) is 0.632. The fourth-order valence-electron chi connectivity index (χ4n) is 1.01. The van der Waals surface area contributed by atoms with Crippen molar-refractivity contribution >= 4 is 0 Å². The second-order valence-corrected chi connectivity index (χ2v) is 5.78. The first-order valence-electron chi connectivity index (χ1n) is 3.67. The molecule has 10 heavy (non-hydrogen) atoms. The van der Waals surface area contributed by atoms with Gasteiger partial charge in [-0.1, -0.05) is 0 Å². The van der Waals surface area contributed by atoms with E-state index in [-0.39, 0.29) is 0 Å². The summed E-state index contributed by atoms with van der Waals surface area (Å²) in [6.45, 7) is 13.5. The van der Waals surface area contributed by atoms with E-state index in [0.717, 1.165) is 0 Å². The molecule has 0 N–H and O–H groups in total. The van der Waals surface area contributed by atoms with E-state index in [1.54, 1.807) is 0 Å². The predicted molar refractivity (Wildman–Crippen MR) is 41.3 cm³/mol. The van der Waals surface area contributed by atoms with Crippen LogP contribution in [0.1, 0.15) is 41.5 Å². The van der Waals surface area contributed by atoms with Gasteiger partial charge in [0.05, 0.1) is 0 Å². The third kappa shape index (κ3) is 3.30. The van der Waals surface area contributed by atoms with Crippen molar-refractivity contribution in [2.75, 3.05) is 0 Å². The average molecular weight is 219 g/mol. The molecule has 0 fully saturated rings. The van der Waals surface area contributed by atoms with E-state index in [2.05, 4.69) is 44.4 Å². The van der Waals surface area contributed by atoms with Crippen molar-refractivity contribution < 1.29 is 25.0 Å². The molecule has 0 unspecified atom stereocenters. The second-order valence-electron chi connectivity index (χ2n) is 4.68. The Morgan fingerprint density at radius 1 is 0.800 bits per heavy atom. The molecule has 59 valence electrons. The molecule has 0 bridgehead atoms. The molecule has 0 aromatic carbocycles. The van der Waals surface area contributed by atoms with E-state index in [1.165, 1.54) is 25.0 Å². The van der Waals surface area contributed by atoms with Crippen molar-refractivity contribution in [2.45, 2.75) is 52.6 Å². The Kier molecular flexibility index (Phi) is 3.33. The minimum atomic E-state index is 0.316. The molecule has 0 heterocycles. The SMILES string of the molecule is CC(C)(C)[N]([Zr])C(C)(C)C. The van der Waals surface area contributed by atoms with Gasteiger partial charge in [-0.25, -0.2) is 0 Å². The van der Waals surface area contributed by atoms with Gasteiger partial charge >= 0.3 is 80.5 Å². The Morgan fingerprint density at radius 3 is 1.00 bits per heavy atom. The number of nitrogens with zero attached hydrogens (tertiary/aromatic N) is 1. The first-order chi connectivity index (χ1) is 4.15. The molecule has 2 heteroatoms. The number of hydrogen-bond donors (Lipinski definition) is 0. The summed E-state index contributed by atoms with van der Waals surface area (Å²) >= 11 is 1.50. The van der Waals surface area contributed by atoms with Crippen LogP contribution in [0.25, 0.3) is 0 Å². The number of hydrogen-bond acceptors (Lipinski definition) is 1. The summed E-state index contributed by atoms with van der Waals surface area (Å²) in [7, 11) is 0. The molecule has 0 amide bonds. The van der Waals surface area contributed by atoms with Crippen LogP contribution in [0.4, 0.5) is 0 Å². The minimum absolute atomic E-state index is 0.316. The standard InChI is InChI=1S/C8H18N.Zr/c1-7(2,3)9-8(4,5)6;/h1-6H3;/q-1;+1. The van der Waals surface area contributed by atoms with Gasteiger partial charge in [0.15, 0.2) is 0 Å². The van der Waals surface area contributed by atoms with E-state index >= 15 is 0 Å². The zero-order valence-corrected chi connectivity index (χ0v) is 10.4. The molecule has 0 aliphatic rings. The first kappa shape index (κ1) is 10.8. The van der Waals surface area contributed by atoms with Crippen LogP contribution in [0.2, 0.25) is 0 Å². The third-order valence-corrected chi connectivity index (χ3v) is 4.64. The van der Waals surface area contributed by atoms with Crippen LogP contribution < -0.4 is 0 Å². The molecule has 0 aliphatic carbocycles. The zero-order valence-electron chi connectivity index (χ0n) is 7.95. The van der Waals surface area contributed by atoms with E-state index < -0.39 is 0 Å². The maximum absolute atomic E-state index is 2.46. The van der Waals surface area contributed by atoms with Crippen LogP contribution in [-0.4, -0.2) is 13.9 Å². The monoisotopic (exact) mass is 218 g/mol. The molecule has 0 rings (SSSR count). The predicted octanol–water partition coefficient (Wildman–Crippen LogP) is 2.35. The fourth-order valence-corrected chi connectivity index (χ4v) is 1.01. The summed E-state index contributed by atoms with van der Waals surface area (Å²) in [6, 6.07) is 0. The Balaban J connectivity index is 4.23. The summed E-state index contributed by atoms with van der Waals surface area (Å²) in [5.74, 6) is 0. The van der Waals surface area contributed by atoms with Crippen LogP contribution in [0.15, 0.2) is 0 Å². The van der Waals surface area contributed by atoms with Gasteiger partial charge in [0.2, 0.25) is 0 Å². The molecule has 0 aliphatic heterocycles. The molecular formula is C8H18NZr. The zero-order chi connectivity index (χ0) is 8.58. The van der Waals surface area contributed by atoms with Gasteiger partial charge in [-0.2, -0.15) is 0 Å². The topological polar surface area (TPSA) is 3.24 Å². The normalized spacial score (nSPS) is 14.2. The van der Waals surface area contributed by atoms with Gasteiger partial charge in [-0.3, -0.25) is 0 Å². The van der Waals surface area contributed by atoms with Gasteiger partial charge in [-0.15, -0.1) is 0 Å². The summed E-state index contributed by atoms with van der Waals surface area (Å²) in [6.07, 6.45) is 0. The molecule has 0 spiro atoms. The van der Waals surface area contributed by atoms with E-state index in [9.17, 15) is 0 Å². The molecule has 0 aromatic rings. The molecule has 0 saturated carbocycles. The fraction of sp³-hybridized carbons (Fsp3) is 1.00. The van der Waals surface area contributed by atoms with Crippen molar-refractivity contribution in [1.29, 1.82) is 0 Å². The molecular weight excluding hydrogens is 201 g/mol. The van der Waals surface area contributed by atoms with Crippen molar-refractivity contribution in [1.82, 2.24) is 2.84 Å². The van der Waals surface area contributed by atoms with Gasteiger partial charge < -0.3 is 0 Å². The van der Waals surface area contributed by atoms with E-state index in [0.29, 0.717) is 11.1 Å². The van der Waals surface area contributed by atoms with Crippen LogP contribution >= 0.6 is 0 Å². The van der Waals surface area contributed by atoms with Gasteiger partial charge in [-0.05, 0) is 0 Å². The number of rotatable bonds is 0. The summed E-state index contributed by atoms with van der Waals surface area (Å²) in [4.78, 5) is 0. The molecule has 0 radical (unpaired) electrons. The second kappa shape index (κ2) is 3.07. The van der Waals surface area contributed by atoms with E-state index in [1.807, 2.05) is 0 Å². The van der Waals surface area contributed by atoms with Gasteiger partial charge in [0, 0.05) is 0 Å². The summed E-state index contributed by atoms with van der Waals surface area (Å²) < 4.78 is 2.46.